The average Bonchev–Trinajstić information content (AvgIpc) is 2.36. The Labute approximate surface area is 103 Å². The van der Waals surface area contributed by atoms with Gasteiger partial charge in [0.1, 0.15) is 0 Å². The molecule has 1 atom stereocenters. The van der Waals surface area contributed by atoms with E-state index in [9.17, 15) is 4.79 Å². The summed E-state index contributed by atoms with van der Waals surface area (Å²) in [6, 6.07) is 5.72. The summed E-state index contributed by atoms with van der Waals surface area (Å²) in [5.41, 5.74) is 6.35. The summed E-state index contributed by atoms with van der Waals surface area (Å²) in [6.07, 6.45) is 3.48. The maximum Gasteiger partial charge on any atom is 0.225 e. The lowest BCUT2D eigenvalue weighted by Crippen LogP contribution is -2.31. The molecule has 94 valence electrons. The largest absolute Gasteiger partial charge is 0.340 e. The van der Waals surface area contributed by atoms with Gasteiger partial charge in [0.05, 0.1) is 12.2 Å². The van der Waals surface area contributed by atoms with Crippen molar-refractivity contribution in [2.45, 2.75) is 26.3 Å². The minimum atomic E-state index is 0.0345. The Hall–Kier alpha value is -1.42. The monoisotopic (exact) mass is 235 g/mol. The normalized spacial score (nSPS) is 12.2. The lowest BCUT2D eigenvalue weighted by molar-refractivity contribution is -0.134. The first kappa shape index (κ1) is 13.6. The molecule has 2 N–H and O–H groups in total. The van der Waals surface area contributed by atoms with Crippen LogP contribution in [0.3, 0.4) is 0 Å². The zero-order valence-electron chi connectivity index (χ0n) is 10.6. The van der Waals surface area contributed by atoms with Gasteiger partial charge in [0.15, 0.2) is 0 Å². The lowest BCUT2D eigenvalue weighted by atomic mass is 10.0. The number of carbonyl (C=O) groups is 1. The first-order valence-electron chi connectivity index (χ1n) is 6.00. The molecule has 0 bridgehead atoms. The van der Waals surface area contributed by atoms with Gasteiger partial charge in [-0.25, -0.2) is 0 Å². The zero-order valence-corrected chi connectivity index (χ0v) is 10.6. The van der Waals surface area contributed by atoms with E-state index in [1.54, 1.807) is 11.1 Å². The molecule has 1 rings (SSSR count). The highest BCUT2D eigenvalue weighted by Crippen LogP contribution is 2.10. The van der Waals surface area contributed by atoms with E-state index >= 15 is 0 Å². The molecule has 0 radical (unpaired) electrons. The van der Waals surface area contributed by atoms with Crippen molar-refractivity contribution in [2.24, 2.45) is 11.7 Å². The first-order chi connectivity index (χ1) is 8.15. The number of carbonyl (C=O) groups excluding carboxylic acids is 1. The molecule has 0 fully saturated rings. The summed E-state index contributed by atoms with van der Waals surface area (Å²) < 4.78 is 0. The fourth-order valence-electron chi connectivity index (χ4n) is 1.74. The zero-order chi connectivity index (χ0) is 12.7. The van der Waals surface area contributed by atoms with Crippen LogP contribution in [0.2, 0.25) is 0 Å². The number of nitrogens with zero attached hydrogens (tertiary/aromatic N) is 2. The molecule has 0 aliphatic heterocycles. The molecule has 4 nitrogen and oxygen atoms in total. The average molecular weight is 235 g/mol. The van der Waals surface area contributed by atoms with E-state index in [1.165, 1.54) is 0 Å². The summed E-state index contributed by atoms with van der Waals surface area (Å²) in [5, 5.41) is 0. The van der Waals surface area contributed by atoms with Crippen LogP contribution >= 0.6 is 0 Å². The van der Waals surface area contributed by atoms with E-state index in [1.807, 2.05) is 32.2 Å². The standard InChI is InChI=1S/C13H21N3O/c1-11(6-5-8-14)13(17)16(2)10-12-7-3-4-9-15-12/h3-4,7,9,11H,5-6,8,10,14H2,1-2H3. The van der Waals surface area contributed by atoms with E-state index in [0.717, 1.165) is 18.5 Å². The van der Waals surface area contributed by atoms with E-state index in [4.69, 9.17) is 5.73 Å². The molecule has 0 spiro atoms. The van der Waals surface area contributed by atoms with Crippen molar-refractivity contribution in [1.82, 2.24) is 9.88 Å². The van der Waals surface area contributed by atoms with Gasteiger partial charge in [-0.2, -0.15) is 0 Å². The van der Waals surface area contributed by atoms with Gasteiger partial charge < -0.3 is 10.6 Å². The van der Waals surface area contributed by atoms with Crippen LogP contribution in [0.4, 0.5) is 0 Å². The summed E-state index contributed by atoms with van der Waals surface area (Å²) in [5.74, 6) is 0.191. The molecule has 0 aromatic carbocycles. The molecular formula is C13H21N3O. The van der Waals surface area contributed by atoms with Crippen LogP contribution in [0, 0.1) is 5.92 Å². The highest BCUT2D eigenvalue weighted by molar-refractivity contribution is 5.78. The molecular weight excluding hydrogens is 214 g/mol. The molecule has 4 heteroatoms. The quantitative estimate of drug-likeness (QED) is 0.811. The summed E-state index contributed by atoms with van der Waals surface area (Å²) in [6.45, 7) is 3.15. The second-order valence-electron chi connectivity index (χ2n) is 4.35. The van der Waals surface area contributed by atoms with Crippen LogP contribution in [0.5, 0.6) is 0 Å². The van der Waals surface area contributed by atoms with E-state index < -0.39 is 0 Å². The smallest absolute Gasteiger partial charge is 0.225 e. The number of rotatable bonds is 6. The summed E-state index contributed by atoms with van der Waals surface area (Å²) in [4.78, 5) is 17.9. The number of amides is 1. The molecule has 1 heterocycles. The number of hydrogen-bond acceptors (Lipinski definition) is 3. The molecule has 1 aromatic heterocycles. The van der Waals surface area contributed by atoms with E-state index in [2.05, 4.69) is 4.98 Å². The summed E-state index contributed by atoms with van der Waals surface area (Å²) in [7, 11) is 1.82. The Morgan fingerprint density at radius 2 is 2.29 bits per heavy atom. The second kappa shape index (κ2) is 7.01. The Morgan fingerprint density at radius 1 is 1.53 bits per heavy atom. The van der Waals surface area contributed by atoms with Crippen molar-refractivity contribution >= 4 is 5.91 Å². The van der Waals surface area contributed by atoms with Crippen molar-refractivity contribution < 1.29 is 4.79 Å². The number of aromatic nitrogens is 1. The van der Waals surface area contributed by atoms with Gasteiger partial charge >= 0.3 is 0 Å². The van der Waals surface area contributed by atoms with Crippen molar-refractivity contribution in [3.05, 3.63) is 30.1 Å². The Kier molecular flexibility index (Phi) is 5.63. The predicted molar refractivity (Wildman–Crippen MR) is 68.2 cm³/mol. The minimum absolute atomic E-state index is 0.0345. The van der Waals surface area contributed by atoms with Crippen molar-refractivity contribution in [3.63, 3.8) is 0 Å². The van der Waals surface area contributed by atoms with Crippen LogP contribution in [-0.4, -0.2) is 29.4 Å². The van der Waals surface area contributed by atoms with Crippen molar-refractivity contribution in [1.29, 1.82) is 0 Å². The minimum Gasteiger partial charge on any atom is -0.340 e. The number of pyridine rings is 1. The maximum absolute atomic E-state index is 12.0. The molecule has 1 amide bonds. The van der Waals surface area contributed by atoms with Crippen molar-refractivity contribution in [3.8, 4) is 0 Å². The number of nitrogens with two attached hydrogens (primary N) is 1. The third-order valence-electron chi connectivity index (χ3n) is 2.76. The molecule has 1 aromatic rings. The highest BCUT2D eigenvalue weighted by Gasteiger charge is 2.17. The Balaban J connectivity index is 2.47. The third kappa shape index (κ3) is 4.53. The van der Waals surface area contributed by atoms with Gasteiger partial charge in [0, 0.05) is 19.2 Å². The van der Waals surface area contributed by atoms with Crippen LogP contribution < -0.4 is 5.73 Å². The Morgan fingerprint density at radius 3 is 2.88 bits per heavy atom. The predicted octanol–water partition coefficient (Wildman–Crippen LogP) is 1.41. The van der Waals surface area contributed by atoms with Gasteiger partial charge in [-0.1, -0.05) is 13.0 Å². The van der Waals surface area contributed by atoms with Gasteiger partial charge in [0.25, 0.3) is 0 Å². The molecule has 0 saturated carbocycles. The molecule has 17 heavy (non-hydrogen) atoms. The second-order valence-corrected chi connectivity index (χ2v) is 4.35. The van der Waals surface area contributed by atoms with E-state index in [-0.39, 0.29) is 11.8 Å². The van der Waals surface area contributed by atoms with E-state index in [0.29, 0.717) is 13.1 Å². The van der Waals surface area contributed by atoms with Gasteiger partial charge in [-0.15, -0.1) is 0 Å². The van der Waals surface area contributed by atoms with Gasteiger partial charge in [0.2, 0.25) is 5.91 Å². The third-order valence-corrected chi connectivity index (χ3v) is 2.76. The fraction of sp³-hybridized carbons (Fsp3) is 0.538. The SMILES string of the molecule is CC(CCCN)C(=O)N(C)Cc1ccccn1. The molecule has 0 aliphatic rings. The van der Waals surface area contributed by atoms with Gasteiger partial charge in [-0.05, 0) is 31.5 Å². The summed E-state index contributed by atoms with van der Waals surface area (Å²) >= 11 is 0. The molecule has 0 aliphatic carbocycles. The highest BCUT2D eigenvalue weighted by atomic mass is 16.2. The first-order valence-corrected chi connectivity index (χ1v) is 6.00. The van der Waals surface area contributed by atoms with Crippen LogP contribution in [0.1, 0.15) is 25.5 Å². The van der Waals surface area contributed by atoms with Gasteiger partial charge in [-0.3, -0.25) is 9.78 Å². The maximum atomic E-state index is 12.0. The van der Waals surface area contributed by atoms with Crippen LogP contribution in [-0.2, 0) is 11.3 Å². The fourth-order valence-corrected chi connectivity index (χ4v) is 1.74. The Bertz CT molecular complexity index is 340. The van der Waals surface area contributed by atoms with Crippen LogP contribution in [0.25, 0.3) is 0 Å². The van der Waals surface area contributed by atoms with Crippen LogP contribution in [0.15, 0.2) is 24.4 Å². The lowest BCUT2D eigenvalue weighted by Gasteiger charge is -2.20. The number of hydrogen-bond donors (Lipinski definition) is 1. The topological polar surface area (TPSA) is 59.2 Å². The molecule has 1 unspecified atom stereocenters. The van der Waals surface area contributed by atoms with Crippen molar-refractivity contribution in [2.75, 3.05) is 13.6 Å². The molecule has 0 saturated heterocycles.